The highest BCUT2D eigenvalue weighted by molar-refractivity contribution is 5.85. The highest BCUT2D eigenvalue weighted by Gasteiger charge is 2.24. The molecule has 1 N–H and O–H groups in total. The molecule has 0 spiro atoms. The number of Topliss-reactive ketones (excluding diaryl/α,β-unsaturated/α-hetero) is 1. The molecule has 2 unspecified atom stereocenters. The van der Waals surface area contributed by atoms with Crippen LogP contribution in [0.4, 0.5) is 0 Å². The number of esters is 1. The smallest absolute Gasteiger partial charge is 0.336 e. The lowest BCUT2D eigenvalue weighted by molar-refractivity contribution is -0.163. The number of ether oxygens (including phenoxy) is 1. The number of carbonyl (C=O) groups excluding carboxylic acids is 2. The molecule has 0 aliphatic carbocycles. The van der Waals surface area contributed by atoms with E-state index in [1.165, 1.54) is 6.92 Å². The third-order valence-electron chi connectivity index (χ3n) is 2.64. The summed E-state index contributed by atoms with van der Waals surface area (Å²) < 4.78 is 5.05. The van der Waals surface area contributed by atoms with Gasteiger partial charge in [-0.1, -0.05) is 36.8 Å². The molecule has 0 amide bonds. The van der Waals surface area contributed by atoms with E-state index < -0.39 is 18.2 Å². The van der Waals surface area contributed by atoms with Crippen LogP contribution >= 0.6 is 0 Å². The molecule has 1 aromatic rings. The minimum Gasteiger partial charge on any atom is -0.447 e. The van der Waals surface area contributed by atoms with Crippen molar-refractivity contribution in [3.63, 3.8) is 0 Å². The van der Waals surface area contributed by atoms with Gasteiger partial charge in [-0.2, -0.15) is 0 Å². The van der Waals surface area contributed by atoms with Gasteiger partial charge in [-0.05, 0) is 25.8 Å². The molecule has 0 aromatic heterocycles. The molecule has 0 heterocycles. The first kappa shape index (κ1) is 14.4. The summed E-state index contributed by atoms with van der Waals surface area (Å²) in [6.07, 6.45) is -1.87. The summed E-state index contributed by atoms with van der Waals surface area (Å²) in [6, 6.07) is 7.17. The Morgan fingerprint density at radius 2 is 1.83 bits per heavy atom. The van der Waals surface area contributed by atoms with Crippen molar-refractivity contribution in [2.24, 2.45) is 0 Å². The molecule has 1 aromatic carbocycles. The Balaban J connectivity index is 2.87. The van der Waals surface area contributed by atoms with Crippen LogP contribution in [0.15, 0.2) is 24.3 Å². The number of benzene rings is 1. The Morgan fingerprint density at radius 3 is 2.28 bits per heavy atom. The van der Waals surface area contributed by atoms with Crippen LogP contribution in [0, 0.1) is 6.92 Å². The van der Waals surface area contributed by atoms with Crippen molar-refractivity contribution in [1.29, 1.82) is 0 Å². The van der Waals surface area contributed by atoms with Crippen LogP contribution < -0.4 is 0 Å². The predicted octanol–water partition coefficient (Wildman–Crippen LogP) is 1.94. The minimum absolute atomic E-state index is 0.261. The molecule has 0 saturated carbocycles. The van der Waals surface area contributed by atoms with Crippen LogP contribution in [0.2, 0.25) is 0 Å². The van der Waals surface area contributed by atoms with Gasteiger partial charge in [-0.25, -0.2) is 4.79 Å². The third kappa shape index (κ3) is 3.67. The molecule has 2 atom stereocenters. The van der Waals surface area contributed by atoms with Crippen LogP contribution in [0.25, 0.3) is 0 Å². The van der Waals surface area contributed by atoms with E-state index in [-0.39, 0.29) is 12.2 Å². The zero-order valence-electron chi connectivity index (χ0n) is 10.8. The van der Waals surface area contributed by atoms with Gasteiger partial charge in [-0.15, -0.1) is 0 Å². The SMILES string of the molecule is CCC(O)C(=O)OC(C(C)=O)c1ccc(C)cc1. The first-order valence-electron chi connectivity index (χ1n) is 5.91. The molecule has 0 radical (unpaired) electrons. The molecule has 0 aliphatic rings. The van der Waals surface area contributed by atoms with Crippen LogP contribution in [0.5, 0.6) is 0 Å². The van der Waals surface area contributed by atoms with Gasteiger partial charge in [0, 0.05) is 0 Å². The van der Waals surface area contributed by atoms with Crippen molar-refractivity contribution in [3.05, 3.63) is 35.4 Å². The summed E-state index contributed by atoms with van der Waals surface area (Å²) in [5.41, 5.74) is 1.67. The van der Waals surface area contributed by atoms with E-state index >= 15 is 0 Å². The largest absolute Gasteiger partial charge is 0.447 e. The Hall–Kier alpha value is -1.68. The average Bonchev–Trinajstić information content (AvgIpc) is 2.35. The van der Waals surface area contributed by atoms with Crippen molar-refractivity contribution < 1.29 is 19.4 Å². The van der Waals surface area contributed by atoms with E-state index in [2.05, 4.69) is 0 Å². The van der Waals surface area contributed by atoms with Crippen LogP contribution in [-0.2, 0) is 14.3 Å². The molecule has 0 fully saturated rings. The molecule has 1 rings (SSSR count). The number of aryl methyl sites for hydroxylation is 1. The number of carbonyl (C=O) groups is 2. The van der Waals surface area contributed by atoms with Gasteiger partial charge in [0.1, 0.15) is 0 Å². The quantitative estimate of drug-likeness (QED) is 0.811. The number of aliphatic hydroxyl groups excluding tert-OH is 1. The minimum atomic E-state index is -1.18. The van der Waals surface area contributed by atoms with Crippen molar-refractivity contribution in [1.82, 2.24) is 0 Å². The van der Waals surface area contributed by atoms with Gasteiger partial charge in [-0.3, -0.25) is 4.79 Å². The van der Waals surface area contributed by atoms with Gasteiger partial charge in [0.25, 0.3) is 0 Å². The highest BCUT2D eigenvalue weighted by Crippen LogP contribution is 2.20. The van der Waals surface area contributed by atoms with Gasteiger partial charge < -0.3 is 9.84 Å². The first-order chi connectivity index (χ1) is 8.45. The zero-order valence-corrected chi connectivity index (χ0v) is 10.8. The van der Waals surface area contributed by atoms with E-state index in [0.29, 0.717) is 5.56 Å². The highest BCUT2D eigenvalue weighted by atomic mass is 16.6. The normalized spacial score (nSPS) is 13.8. The molecule has 0 aliphatic heterocycles. The van der Waals surface area contributed by atoms with Crippen molar-refractivity contribution in [2.45, 2.75) is 39.4 Å². The topological polar surface area (TPSA) is 63.6 Å². The Kier molecular flexibility index (Phi) is 5.04. The number of rotatable bonds is 5. The summed E-state index contributed by atoms with van der Waals surface area (Å²) in [5, 5.41) is 9.36. The molecule has 4 nitrogen and oxygen atoms in total. The fourth-order valence-electron chi connectivity index (χ4n) is 1.49. The molecular formula is C14H18O4. The second-order valence-electron chi connectivity index (χ2n) is 4.26. The van der Waals surface area contributed by atoms with Crippen LogP contribution in [0.3, 0.4) is 0 Å². The van der Waals surface area contributed by atoms with E-state index in [0.717, 1.165) is 5.56 Å². The first-order valence-corrected chi connectivity index (χ1v) is 5.91. The molecule has 0 saturated heterocycles. The lowest BCUT2D eigenvalue weighted by atomic mass is 10.0. The zero-order chi connectivity index (χ0) is 13.7. The summed E-state index contributed by atoms with van der Waals surface area (Å²) >= 11 is 0. The Labute approximate surface area is 107 Å². The van der Waals surface area contributed by atoms with Crippen molar-refractivity contribution >= 4 is 11.8 Å². The molecule has 4 heteroatoms. The van der Waals surface area contributed by atoms with Gasteiger partial charge in [0.15, 0.2) is 18.0 Å². The maximum atomic E-state index is 11.5. The van der Waals surface area contributed by atoms with E-state index in [4.69, 9.17) is 4.74 Å². The lowest BCUT2D eigenvalue weighted by Crippen LogP contribution is -2.26. The van der Waals surface area contributed by atoms with Crippen molar-refractivity contribution in [3.8, 4) is 0 Å². The Morgan fingerprint density at radius 1 is 1.28 bits per heavy atom. The maximum Gasteiger partial charge on any atom is 0.336 e. The predicted molar refractivity (Wildman–Crippen MR) is 67.0 cm³/mol. The number of aliphatic hydroxyl groups is 1. The summed E-state index contributed by atoms with van der Waals surface area (Å²) in [4.78, 5) is 23.0. The van der Waals surface area contributed by atoms with Gasteiger partial charge in [0.05, 0.1) is 0 Å². The summed E-state index contributed by atoms with van der Waals surface area (Å²) in [5.74, 6) is -1.03. The third-order valence-corrected chi connectivity index (χ3v) is 2.64. The summed E-state index contributed by atoms with van der Waals surface area (Å²) in [6.45, 7) is 4.95. The van der Waals surface area contributed by atoms with E-state index in [1.54, 1.807) is 19.1 Å². The number of hydrogen-bond acceptors (Lipinski definition) is 4. The average molecular weight is 250 g/mol. The van der Waals surface area contributed by atoms with E-state index in [1.807, 2.05) is 19.1 Å². The lowest BCUT2D eigenvalue weighted by Gasteiger charge is -2.17. The summed E-state index contributed by atoms with van der Waals surface area (Å²) in [7, 11) is 0. The molecular weight excluding hydrogens is 232 g/mol. The fourth-order valence-corrected chi connectivity index (χ4v) is 1.49. The van der Waals surface area contributed by atoms with E-state index in [9.17, 15) is 14.7 Å². The van der Waals surface area contributed by atoms with Gasteiger partial charge >= 0.3 is 5.97 Å². The molecule has 18 heavy (non-hydrogen) atoms. The molecule has 0 bridgehead atoms. The van der Waals surface area contributed by atoms with Crippen LogP contribution in [0.1, 0.15) is 37.5 Å². The molecule has 98 valence electrons. The van der Waals surface area contributed by atoms with Crippen molar-refractivity contribution in [2.75, 3.05) is 0 Å². The maximum absolute atomic E-state index is 11.5. The number of hydrogen-bond donors (Lipinski definition) is 1. The second kappa shape index (κ2) is 6.31. The second-order valence-corrected chi connectivity index (χ2v) is 4.26. The monoisotopic (exact) mass is 250 g/mol. The van der Waals surface area contributed by atoms with Crippen LogP contribution in [-0.4, -0.2) is 23.0 Å². The standard InChI is InChI=1S/C14H18O4/c1-4-12(16)14(17)18-13(10(3)15)11-7-5-9(2)6-8-11/h5-8,12-13,16H,4H2,1-3H3. The number of ketones is 1. The Bertz CT molecular complexity index is 422. The van der Waals surface area contributed by atoms with Gasteiger partial charge in [0.2, 0.25) is 0 Å². The fraction of sp³-hybridized carbons (Fsp3) is 0.429.